The van der Waals surface area contributed by atoms with Crippen molar-refractivity contribution in [3.8, 4) is 0 Å². The number of Topliss-reactive ketones (excluding diaryl/α,β-unsaturated/α-hetero) is 1. The molecule has 2 unspecified atom stereocenters. The Morgan fingerprint density at radius 3 is 2.75 bits per heavy atom. The normalized spacial score (nSPS) is 20.7. The monoisotopic (exact) mass is 461 g/mol. The van der Waals surface area contributed by atoms with Gasteiger partial charge in [-0.1, -0.05) is 15.9 Å². The summed E-state index contributed by atoms with van der Waals surface area (Å²) in [5, 5.41) is 7.12. The average molecular weight is 462 g/mol. The maximum atomic E-state index is 13.5. The summed E-state index contributed by atoms with van der Waals surface area (Å²) < 4.78 is 47.0. The predicted octanol–water partition coefficient (Wildman–Crippen LogP) is 3.42. The number of rotatable bonds is 6. The number of aromatic nitrogens is 2. The van der Waals surface area contributed by atoms with Crippen LogP contribution in [0.25, 0.3) is 10.9 Å². The third-order valence-corrected chi connectivity index (χ3v) is 5.56. The second-order valence-electron chi connectivity index (χ2n) is 6.60. The van der Waals surface area contributed by atoms with E-state index in [2.05, 4.69) is 26.3 Å². The highest BCUT2D eigenvalue weighted by atomic mass is 79.9. The number of halogens is 4. The first-order valence-electron chi connectivity index (χ1n) is 8.78. The number of fused-ring (bicyclic) bond motifs is 1. The molecule has 3 atom stereocenters. The molecule has 6 nitrogen and oxygen atoms in total. The molecular formula is C18H19BrF3N3O3. The molecule has 1 saturated heterocycles. The van der Waals surface area contributed by atoms with E-state index < -0.39 is 36.4 Å². The van der Waals surface area contributed by atoms with Gasteiger partial charge in [-0.15, -0.1) is 0 Å². The Balaban J connectivity index is 2.10. The highest BCUT2D eigenvalue weighted by Crippen LogP contribution is 2.34. The molecule has 28 heavy (non-hydrogen) atoms. The zero-order valence-electron chi connectivity index (χ0n) is 15.2. The second-order valence-corrected chi connectivity index (χ2v) is 7.45. The molecule has 0 radical (unpaired) electrons. The summed E-state index contributed by atoms with van der Waals surface area (Å²) in [6.07, 6.45) is -2.78. The van der Waals surface area contributed by atoms with Gasteiger partial charge in [0.1, 0.15) is 6.17 Å². The van der Waals surface area contributed by atoms with Crippen LogP contribution in [-0.4, -0.2) is 46.9 Å². The SMILES string of the molecule is CCOC(=O)C(C(=O)C1C[C@@H](F)CN1)n1cc2c(C(F)F)cc(Br)c(C)c2n1. The average Bonchev–Trinajstić information content (AvgIpc) is 3.25. The lowest BCUT2D eigenvalue weighted by Gasteiger charge is -2.18. The van der Waals surface area contributed by atoms with Gasteiger partial charge in [0.05, 0.1) is 18.2 Å². The van der Waals surface area contributed by atoms with E-state index in [9.17, 15) is 22.8 Å². The summed E-state index contributed by atoms with van der Waals surface area (Å²) in [5.41, 5.74) is 0.571. The Bertz CT molecular complexity index is 918. The molecule has 0 amide bonds. The molecule has 0 aliphatic carbocycles. The van der Waals surface area contributed by atoms with Gasteiger partial charge in [-0.2, -0.15) is 5.10 Å². The van der Waals surface area contributed by atoms with E-state index in [0.29, 0.717) is 10.0 Å². The van der Waals surface area contributed by atoms with Crippen LogP contribution in [-0.2, 0) is 14.3 Å². The van der Waals surface area contributed by atoms with Crippen LogP contribution in [0.15, 0.2) is 16.7 Å². The van der Waals surface area contributed by atoms with Crippen LogP contribution < -0.4 is 5.32 Å². The summed E-state index contributed by atoms with van der Waals surface area (Å²) in [6.45, 7) is 3.31. The van der Waals surface area contributed by atoms with E-state index in [4.69, 9.17) is 4.74 Å². The van der Waals surface area contributed by atoms with Gasteiger partial charge in [0.25, 0.3) is 6.43 Å². The van der Waals surface area contributed by atoms with E-state index in [1.807, 2.05) is 0 Å². The molecule has 1 aliphatic heterocycles. The van der Waals surface area contributed by atoms with Gasteiger partial charge in [-0.3, -0.25) is 4.79 Å². The van der Waals surface area contributed by atoms with Crippen LogP contribution in [0.3, 0.4) is 0 Å². The van der Waals surface area contributed by atoms with E-state index in [1.54, 1.807) is 13.8 Å². The highest BCUT2D eigenvalue weighted by Gasteiger charge is 2.39. The predicted molar refractivity (Wildman–Crippen MR) is 99.1 cm³/mol. The van der Waals surface area contributed by atoms with Gasteiger partial charge >= 0.3 is 5.97 Å². The lowest BCUT2D eigenvalue weighted by Crippen LogP contribution is -2.41. The first-order chi connectivity index (χ1) is 13.2. The Morgan fingerprint density at radius 2 is 2.18 bits per heavy atom. The lowest BCUT2D eigenvalue weighted by molar-refractivity contribution is -0.151. The second kappa shape index (κ2) is 8.20. The number of ether oxygens (including phenoxy) is 1. The number of ketones is 1. The number of nitrogens with zero attached hydrogens (tertiary/aromatic N) is 2. The molecule has 1 aromatic heterocycles. The minimum atomic E-state index is -2.77. The van der Waals surface area contributed by atoms with Crippen molar-refractivity contribution >= 4 is 38.6 Å². The molecule has 1 aromatic carbocycles. The third kappa shape index (κ3) is 3.80. The van der Waals surface area contributed by atoms with Gasteiger partial charge in [0, 0.05) is 34.6 Å². The van der Waals surface area contributed by atoms with Gasteiger partial charge < -0.3 is 10.1 Å². The molecule has 1 fully saturated rings. The van der Waals surface area contributed by atoms with Crippen LogP contribution >= 0.6 is 15.9 Å². The molecule has 10 heteroatoms. The maximum Gasteiger partial charge on any atom is 0.338 e. The Kier molecular flexibility index (Phi) is 6.09. The first-order valence-corrected chi connectivity index (χ1v) is 9.57. The number of carbonyl (C=O) groups excluding carboxylic acids is 2. The van der Waals surface area contributed by atoms with Crippen LogP contribution in [0.2, 0.25) is 0 Å². The molecule has 2 heterocycles. The number of esters is 1. The van der Waals surface area contributed by atoms with Gasteiger partial charge in [-0.05, 0) is 25.5 Å². The number of aryl methyl sites for hydroxylation is 1. The first kappa shape index (κ1) is 20.8. The van der Waals surface area contributed by atoms with Crippen molar-refractivity contribution in [2.75, 3.05) is 13.2 Å². The van der Waals surface area contributed by atoms with E-state index in [1.165, 1.54) is 12.3 Å². The maximum absolute atomic E-state index is 13.5. The zero-order chi connectivity index (χ0) is 20.6. The topological polar surface area (TPSA) is 73.2 Å². The van der Waals surface area contributed by atoms with E-state index >= 15 is 0 Å². The van der Waals surface area contributed by atoms with Gasteiger partial charge in [0.15, 0.2) is 5.78 Å². The quantitative estimate of drug-likeness (QED) is 0.526. The lowest BCUT2D eigenvalue weighted by atomic mass is 10.0. The molecule has 1 aliphatic rings. The number of alkyl halides is 3. The number of nitrogens with one attached hydrogen (secondary N) is 1. The number of hydrogen-bond acceptors (Lipinski definition) is 5. The molecule has 0 bridgehead atoms. The summed E-state index contributed by atoms with van der Waals surface area (Å²) >= 11 is 3.23. The molecule has 1 N–H and O–H groups in total. The van der Waals surface area contributed by atoms with Crippen molar-refractivity contribution in [2.24, 2.45) is 0 Å². The van der Waals surface area contributed by atoms with Crippen molar-refractivity contribution in [3.63, 3.8) is 0 Å². The summed E-state index contributed by atoms with van der Waals surface area (Å²) in [7, 11) is 0. The van der Waals surface area contributed by atoms with Crippen molar-refractivity contribution in [2.45, 2.75) is 44.9 Å². The highest BCUT2D eigenvalue weighted by molar-refractivity contribution is 9.10. The van der Waals surface area contributed by atoms with Crippen LogP contribution in [0.1, 0.15) is 36.9 Å². The molecule has 0 saturated carbocycles. The summed E-state index contributed by atoms with van der Waals surface area (Å²) in [4.78, 5) is 25.4. The van der Waals surface area contributed by atoms with E-state index in [0.717, 1.165) is 4.68 Å². The van der Waals surface area contributed by atoms with E-state index in [-0.39, 0.29) is 36.0 Å². The molecule has 2 aromatic rings. The largest absolute Gasteiger partial charge is 0.464 e. The fourth-order valence-electron chi connectivity index (χ4n) is 3.30. The Morgan fingerprint density at radius 1 is 1.46 bits per heavy atom. The number of carbonyl (C=O) groups is 2. The molecule has 0 spiro atoms. The number of hydrogen-bond donors (Lipinski definition) is 1. The molecule has 152 valence electrons. The third-order valence-electron chi connectivity index (χ3n) is 4.74. The van der Waals surface area contributed by atoms with Crippen molar-refractivity contribution < 1.29 is 27.5 Å². The minimum Gasteiger partial charge on any atom is -0.464 e. The summed E-state index contributed by atoms with van der Waals surface area (Å²) in [5.74, 6) is -1.47. The standard InChI is InChI=1S/C18H19BrF3N3O3/c1-3-28-18(27)15(16(26)13-4-9(20)6-23-13)25-7-11-10(17(21)22)5-12(19)8(2)14(11)24-25/h5,7,9,13,15,17,23H,3-4,6H2,1-2H3/t9-,13?,15?/m1/s1. The zero-order valence-corrected chi connectivity index (χ0v) is 16.8. The molecule has 3 rings (SSSR count). The Labute approximate surface area is 167 Å². The van der Waals surface area contributed by atoms with Crippen LogP contribution in [0.5, 0.6) is 0 Å². The molecular weight excluding hydrogens is 443 g/mol. The Hall–Kier alpha value is -1.94. The fourth-order valence-corrected chi connectivity index (χ4v) is 3.74. The van der Waals surface area contributed by atoms with Crippen molar-refractivity contribution in [1.29, 1.82) is 0 Å². The van der Waals surface area contributed by atoms with Crippen molar-refractivity contribution in [1.82, 2.24) is 15.1 Å². The van der Waals surface area contributed by atoms with Crippen LogP contribution in [0, 0.1) is 6.92 Å². The number of benzene rings is 1. The smallest absolute Gasteiger partial charge is 0.338 e. The van der Waals surface area contributed by atoms with Gasteiger partial charge in [-0.25, -0.2) is 22.6 Å². The summed E-state index contributed by atoms with van der Waals surface area (Å²) in [6, 6.07) is -1.07. The fraction of sp³-hybridized carbons (Fsp3) is 0.500. The minimum absolute atomic E-state index is 0.00855. The van der Waals surface area contributed by atoms with Crippen LogP contribution in [0.4, 0.5) is 13.2 Å². The van der Waals surface area contributed by atoms with Crippen molar-refractivity contribution in [3.05, 3.63) is 27.9 Å². The van der Waals surface area contributed by atoms with Gasteiger partial charge in [0.2, 0.25) is 6.04 Å².